The lowest BCUT2D eigenvalue weighted by Crippen LogP contribution is -2.28. The van der Waals surface area contributed by atoms with Gasteiger partial charge in [-0.15, -0.1) is 0 Å². The van der Waals surface area contributed by atoms with Gasteiger partial charge in [-0.25, -0.2) is 0 Å². The van der Waals surface area contributed by atoms with E-state index in [1.165, 1.54) is 0 Å². The van der Waals surface area contributed by atoms with Crippen LogP contribution in [0.3, 0.4) is 0 Å². The fraction of sp³-hybridized carbons (Fsp3) is 0.368. The summed E-state index contributed by atoms with van der Waals surface area (Å²) in [4.78, 5) is 16.4. The van der Waals surface area contributed by atoms with Crippen LogP contribution in [0.4, 0.5) is 5.69 Å². The predicted octanol–water partition coefficient (Wildman–Crippen LogP) is 3.27. The maximum Gasteiger partial charge on any atom is 0.252 e. The zero-order valence-corrected chi connectivity index (χ0v) is 14.7. The molecule has 128 valence electrons. The van der Waals surface area contributed by atoms with Gasteiger partial charge in [0, 0.05) is 24.5 Å². The van der Waals surface area contributed by atoms with E-state index in [0.29, 0.717) is 12.1 Å². The number of carbonyl (C=O) groups is 1. The van der Waals surface area contributed by atoms with Crippen LogP contribution in [0, 0.1) is 0 Å². The van der Waals surface area contributed by atoms with Gasteiger partial charge >= 0.3 is 0 Å². The molecule has 5 nitrogen and oxygen atoms in total. The zero-order chi connectivity index (χ0) is 17.6. The quantitative estimate of drug-likeness (QED) is 0.855. The second kappa shape index (κ2) is 7.81. The van der Waals surface area contributed by atoms with E-state index in [4.69, 9.17) is 4.74 Å². The Labute approximate surface area is 143 Å². The van der Waals surface area contributed by atoms with Gasteiger partial charge in [-0.2, -0.15) is 0 Å². The van der Waals surface area contributed by atoms with Gasteiger partial charge in [0.1, 0.15) is 5.75 Å². The van der Waals surface area contributed by atoms with E-state index in [-0.39, 0.29) is 11.4 Å². The number of pyridine rings is 1. The molecule has 1 aromatic heterocycles. The van der Waals surface area contributed by atoms with Gasteiger partial charge in [0.05, 0.1) is 18.4 Å². The zero-order valence-electron chi connectivity index (χ0n) is 14.7. The summed E-state index contributed by atoms with van der Waals surface area (Å²) in [6.45, 7) is 6.75. The molecule has 2 N–H and O–H groups in total. The van der Waals surface area contributed by atoms with Crippen molar-refractivity contribution in [1.82, 2.24) is 10.3 Å². The van der Waals surface area contributed by atoms with E-state index in [2.05, 4.69) is 36.4 Å². The van der Waals surface area contributed by atoms with Crippen LogP contribution in [-0.4, -0.2) is 30.1 Å². The van der Waals surface area contributed by atoms with Gasteiger partial charge in [-0.05, 0) is 51.0 Å². The van der Waals surface area contributed by atoms with Gasteiger partial charge in [0.15, 0.2) is 0 Å². The molecule has 1 aromatic carbocycles. The van der Waals surface area contributed by atoms with Crippen molar-refractivity contribution >= 4 is 11.6 Å². The normalized spacial score (nSPS) is 11.0. The molecule has 0 spiro atoms. The highest BCUT2D eigenvalue weighted by Crippen LogP contribution is 2.15. The molecule has 2 rings (SSSR count). The van der Waals surface area contributed by atoms with Crippen LogP contribution in [0.25, 0.3) is 0 Å². The van der Waals surface area contributed by atoms with Crippen molar-refractivity contribution < 1.29 is 9.53 Å². The number of rotatable bonds is 6. The van der Waals surface area contributed by atoms with Gasteiger partial charge in [0.25, 0.3) is 5.91 Å². The minimum atomic E-state index is -0.122. The average Bonchev–Trinajstić information content (AvgIpc) is 2.53. The molecule has 0 aliphatic heterocycles. The highest BCUT2D eigenvalue weighted by molar-refractivity contribution is 5.94. The van der Waals surface area contributed by atoms with E-state index in [1.54, 1.807) is 19.5 Å². The topological polar surface area (TPSA) is 63.2 Å². The SMILES string of the molecule is COc1cccc(CCNC(=O)c2cncc(NC(C)(C)C)c2)c1. The Bertz CT molecular complexity index is 693. The summed E-state index contributed by atoms with van der Waals surface area (Å²) >= 11 is 0. The van der Waals surface area contributed by atoms with Crippen LogP contribution in [0.5, 0.6) is 5.75 Å². The fourth-order valence-electron chi connectivity index (χ4n) is 2.32. The lowest BCUT2D eigenvalue weighted by molar-refractivity contribution is 0.0954. The Hall–Kier alpha value is -2.56. The van der Waals surface area contributed by atoms with Crippen LogP contribution in [-0.2, 0) is 6.42 Å². The van der Waals surface area contributed by atoms with Gasteiger partial charge in [0.2, 0.25) is 0 Å². The van der Waals surface area contributed by atoms with E-state index < -0.39 is 0 Å². The molecule has 0 bridgehead atoms. The number of aromatic nitrogens is 1. The van der Waals surface area contributed by atoms with Crippen molar-refractivity contribution in [2.75, 3.05) is 19.0 Å². The van der Waals surface area contributed by atoms with Crippen LogP contribution in [0.1, 0.15) is 36.7 Å². The number of hydrogen-bond acceptors (Lipinski definition) is 4. The number of nitrogens with zero attached hydrogens (tertiary/aromatic N) is 1. The molecule has 0 unspecified atom stereocenters. The Morgan fingerprint density at radius 1 is 1.21 bits per heavy atom. The largest absolute Gasteiger partial charge is 0.497 e. The summed E-state index contributed by atoms with van der Waals surface area (Å²) in [7, 11) is 1.65. The number of hydrogen-bond donors (Lipinski definition) is 2. The van der Waals surface area contributed by atoms with Crippen LogP contribution in [0.15, 0.2) is 42.7 Å². The molecule has 0 atom stereocenters. The molecule has 0 saturated heterocycles. The van der Waals surface area contributed by atoms with Gasteiger partial charge < -0.3 is 15.4 Å². The number of benzene rings is 1. The molecule has 0 aliphatic rings. The number of nitrogens with one attached hydrogen (secondary N) is 2. The van der Waals surface area contributed by atoms with E-state index in [0.717, 1.165) is 23.4 Å². The van der Waals surface area contributed by atoms with Crippen molar-refractivity contribution in [2.24, 2.45) is 0 Å². The molecular weight excluding hydrogens is 302 g/mol. The summed E-state index contributed by atoms with van der Waals surface area (Å²) in [5.41, 5.74) is 2.43. The molecule has 1 amide bonds. The van der Waals surface area contributed by atoms with Crippen molar-refractivity contribution in [2.45, 2.75) is 32.7 Å². The molecule has 5 heteroatoms. The summed E-state index contributed by atoms with van der Waals surface area (Å²) < 4.78 is 5.20. The fourth-order valence-corrected chi connectivity index (χ4v) is 2.32. The van der Waals surface area contributed by atoms with Crippen LogP contribution >= 0.6 is 0 Å². The summed E-state index contributed by atoms with van der Waals surface area (Å²) in [6.07, 6.45) is 4.04. The summed E-state index contributed by atoms with van der Waals surface area (Å²) in [5.74, 6) is 0.701. The predicted molar refractivity (Wildman–Crippen MR) is 96.6 cm³/mol. The van der Waals surface area contributed by atoms with Crippen LogP contribution < -0.4 is 15.4 Å². The minimum Gasteiger partial charge on any atom is -0.497 e. The van der Waals surface area contributed by atoms with Crippen molar-refractivity contribution in [1.29, 1.82) is 0 Å². The van der Waals surface area contributed by atoms with E-state index >= 15 is 0 Å². The monoisotopic (exact) mass is 327 g/mol. The number of ether oxygens (including phenoxy) is 1. The average molecular weight is 327 g/mol. The molecular formula is C19H25N3O2. The number of amides is 1. The Morgan fingerprint density at radius 3 is 2.71 bits per heavy atom. The smallest absolute Gasteiger partial charge is 0.252 e. The number of carbonyl (C=O) groups excluding carboxylic acids is 1. The third-order valence-corrected chi connectivity index (χ3v) is 3.35. The standard InChI is InChI=1S/C19H25N3O2/c1-19(2,3)22-16-11-15(12-20-13-16)18(23)21-9-8-14-6-5-7-17(10-14)24-4/h5-7,10-13,22H,8-9H2,1-4H3,(H,21,23). The van der Waals surface area contributed by atoms with Crippen molar-refractivity contribution in [3.05, 3.63) is 53.9 Å². The van der Waals surface area contributed by atoms with Crippen molar-refractivity contribution in [3.8, 4) is 5.75 Å². The molecule has 2 aromatic rings. The van der Waals surface area contributed by atoms with Gasteiger partial charge in [-0.1, -0.05) is 12.1 Å². The Balaban J connectivity index is 1.91. The van der Waals surface area contributed by atoms with Crippen LogP contribution in [0.2, 0.25) is 0 Å². The summed E-state index contributed by atoms with van der Waals surface area (Å²) in [6, 6.07) is 9.66. The maximum atomic E-state index is 12.3. The first kappa shape index (κ1) is 17.8. The lowest BCUT2D eigenvalue weighted by Gasteiger charge is -2.22. The first-order valence-electron chi connectivity index (χ1n) is 8.02. The molecule has 0 saturated carbocycles. The molecule has 24 heavy (non-hydrogen) atoms. The Kier molecular flexibility index (Phi) is 5.79. The van der Waals surface area contributed by atoms with E-state index in [9.17, 15) is 4.79 Å². The highest BCUT2D eigenvalue weighted by Gasteiger charge is 2.12. The minimum absolute atomic E-state index is 0.0802. The second-order valence-corrected chi connectivity index (χ2v) is 6.69. The maximum absolute atomic E-state index is 12.3. The van der Waals surface area contributed by atoms with E-state index in [1.807, 2.05) is 30.3 Å². The van der Waals surface area contributed by atoms with Crippen molar-refractivity contribution in [3.63, 3.8) is 0 Å². The Morgan fingerprint density at radius 2 is 2.00 bits per heavy atom. The molecule has 0 radical (unpaired) electrons. The molecule has 0 aliphatic carbocycles. The van der Waals surface area contributed by atoms with Gasteiger partial charge in [-0.3, -0.25) is 9.78 Å². The molecule has 0 fully saturated rings. The second-order valence-electron chi connectivity index (χ2n) is 6.69. The lowest BCUT2D eigenvalue weighted by atomic mass is 10.1. The third-order valence-electron chi connectivity index (χ3n) is 3.35. The third kappa shape index (κ3) is 5.57. The highest BCUT2D eigenvalue weighted by atomic mass is 16.5. The first-order valence-corrected chi connectivity index (χ1v) is 8.02. The summed E-state index contributed by atoms with van der Waals surface area (Å²) in [5, 5.41) is 6.24. The number of methoxy groups -OCH3 is 1. The first-order chi connectivity index (χ1) is 11.4. The molecule has 1 heterocycles. The number of anilines is 1.